The van der Waals surface area contributed by atoms with Gasteiger partial charge >= 0.3 is 0 Å². The second-order valence-corrected chi connectivity index (χ2v) is 7.36. The summed E-state index contributed by atoms with van der Waals surface area (Å²) >= 11 is 5.87. The number of ether oxygens (including phenoxy) is 2. The van der Waals surface area contributed by atoms with Gasteiger partial charge in [0.25, 0.3) is 5.91 Å². The van der Waals surface area contributed by atoms with E-state index in [0.717, 1.165) is 32.5 Å². The predicted octanol–water partition coefficient (Wildman–Crippen LogP) is 1.65. The molecule has 1 aromatic carbocycles. The molecule has 2 heterocycles. The average molecular weight is 383 g/mol. The minimum atomic E-state index is -0.519. The molecule has 2 aliphatic heterocycles. The largest absolute Gasteiger partial charge is 0.389 e. The van der Waals surface area contributed by atoms with Crippen molar-refractivity contribution >= 4 is 17.5 Å². The summed E-state index contributed by atoms with van der Waals surface area (Å²) in [6.45, 7) is 5.08. The highest BCUT2D eigenvalue weighted by Gasteiger charge is 2.23. The third kappa shape index (κ3) is 5.66. The van der Waals surface area contributed by atoms with Crippen LogP contribution >= 0.6 is 11.6 Å². The Morgan fingerprint density at radius 3 is 2.65 bits per heavy atom. The van der Waals surface area contributed by atoms with Crippen LogP contribution in [0.15, 0.2) is 24.3 Å². The van der Waals surface area contributed by atoms with E-state index >= 15 is 0 Å². The number of carbonyl (C=O) groups is 1. The van der Waals surface area contributed by atoms with Gasteiger partial charge < -0.3 is 19.5 Å². The first-order chi connectivity index (χ1) is 12.6. The number of β-amino-alcohol motifs (C(OH)–C–C–N with tert-alkyl or cyclic N) is 1. The molecule has 3 rings (SSSR count). The van der Waals surface area contributed by atoms with Gasteiger partial charge in [-0.25, -0.2) is 0 Å². The maximum absolute atomic E-state index is 12.5. The lowest BCUT2D eigenvalue weighted by Crippen LogP contribution is -2.50. The molecule has 0 bridgehead atoms. The summed E-state index contributed by atoms with van der Waals surface area (Å²) in [5.74, 6) is 0.0294. The molecule has 0 saturated carbocycles. The first-order valence-electron chi connectivity index (χ1n) is 9.26. The fourth-order valence-electron chi connectivity index (χ4n) is 3.37. The monoisotopic (exact) mass is 382 g/mol. The van der Waals surface area contributed by atoms with E-state index in [1.54, 1.807) is 24.3 Å². The summed E-state index contributed by atoms with van der Waals surface area (Å²) in [6, 6.07) is 6.98. The van der Waals surface area contributed by atoms with Gasteiger partial charge in [-0.1, -0.05) is 11.6 Å². The van der Waals surface area contributed by atoms with E-state index in [0.29, 0.717) is 43.4 Å². The van der Waals surface area contributed by atoms with E-state index in [-0.39, 0.29) is 12.0 Å². The summed E-state index contributed by atoms with van der Waals surface area (Å²) in [5, 5.41) is 10.8. The topological polar surface area (TPSA) is 62.2 Å². The molecule has 0 radical (unpaired) electrons. The Morgan fingerprint density at radius 2 is 2.00 bits per heavy atom. The van der Waals surface area contributed by atoms with E-state index in [1.165, 1.54) is 0 Å². The zero-order valence-electron chi connectivity index (χ0n) is 15.0. The van der Waals surface area contributed by atoms with Gasteiger partial charge in [-0.05, 0) is 37.1 Å². The Bertz CT molecular complexity index is 569. The van der Waals surface area contributed by atoms with Crippen LogP contribution in [0, 0.1) is 0 Å². The number of benzene rings is 1. The molecule has 2 saturated heterocycles. The quantitative estimate of drug-likeness (QED) is 0.777. The molecule has 0 aliphatic carbocycles. The van der Waals surface area contributed by atoms with Crippen LogP contribution in [0.4, 0.5) is 0 Å². The Balaban J connectivity index is 1.35. The molecule has 6 nitrogen and oxygen atoms in total. The standard InChI is InChI=1S/C19H27ClN2O4/c20-16-5-3-15(4-6-16)19(24)22-9-7-21(8-10-22)12-17(23)13-25-14-18-2-1-11-26-18/h3-6,17-18,23H,1-2,7-14H2. The van der Waals surface area contributed by atoms with E-state index in [9.17, 15) is 9.90 Å². The maximum Gasteiger partial charge on any atom is 0.253 e. The molecule has 0 aromatic heterocycles. The highest BCUT2D eigenvalue weighted by atomic mass is 35.5. The summed E-state index contributed by atoms with van der Waals surface area (Å²) in [4.78, 5) is 16.5. The van der Waals surface area contributed by atoms with E-state index < -0.39 is 6.10 Å². The fraction of sp³-hybridized carbons (Fsp3) is 0.632. The second-order valence-electron chi connectivity index (χ2n) is 6.93. The number of aliphatic hydroxyl groups excluding tert-OH is 1. The summed E-state index contributed by atoms with van der Waals surface area (Å²) in [6.07, 6.45) is 1.80. The number of aliphatic hydroxyl groups is 1. The lowest BCUT2D eigenvalue weighted by atomic mass is 10.2. The third-order valence-electron chi connectivity index (χ3n) is 4.86. The minimum Gasteiger partial charge on any atom is -0.389 e. The molecule has 1 N–H and O–H groups in total. The smallest absolute Gasteiger partial charge is 0.253 e. The summed E-state index contributed by atoms with van der Waals surface area (Å²) < 4.78 is 11.1. The van der Waals surface area contributed by atoms with Crippen LogP contribution in [0.3, 0.4) is 0 Å². The first kappa shape index (κ1) is 19.6. The van der Waals surface area contributed by atoms with Gasteiger partial charge in [-0.3, -0.25) is 9.69 Å². The van der Waals surface area contributed by atoms with Crippen LogP contribution in [-0.4, -0.2) is 85.6 Å². The molecular formula is C19H27ClN2O4. The van der Waals surface area contributed by atoms with Crippen LogP contribution < -0.4 is 0 Å². The highest BCUT2D eigenvalue weighted by Crippen LogP contribution is 2.14. The molecule has 2 atom stereocenters. The first-order valence-corrected chi connectivity index (χ1v) is 9.64. The Labute approximate surface area is 159 Å². The fourth-order valence-corrected chi connectivity index (χ4v) is 3.50. The van der Waals surface area contributed by atoms with Gasteiger partial charge in [0.05, 0.1) is 25.4 Å². The van der Waals surface area contributed by atoms with E-state index in [4.69, 9.17) is 21.1 Å². The van der Waals surface area contributed by atoms with Crippen LogP contribution in [0.1, 0.15) is 23.2 Å². The van der Waals surface area contributed by atoms with Crippen LogP contribution in [0.5, 0.6) is 0 Å². The predicted molar refractivity (Wildman–Crippen MR) is 99.6 cm³/mol. The average Bonchev–Trinajstić information content (AvgIpc) is 3.16. The van der Waals surface area contributed by atoms with Crippen LogP contribution in [0.25, 0.3) is 0 Å². The number of halogens is 1. The Hall–Kier alpha value is -1.18. The molecule has 1 amide bonds. The Kier molecular flexibility index (Phi) is 7.28. The Morgan fingerprint density at radius 1 is 1.27 bits per heavy atom. The number of hydrogen-bond acceptors (Lipinski definition) is 5. The van der Waals surface area contributed by atoms with Crippen molar-refractivity contribution in [2.24, 2.45) is 0 Å². The number of carbonyl (C=O) groups excluding carboxylic acids is 1. The maximum atomic E-state index is 12.5. The number of piperazine rings is 1. The van der Waals surface area contributed by atoms with Crippen molar-refractivity contribution in [1.82, 2.24) is 9.80 Å². The minimum absolute atomic E-state index is 0.0294. The molecule has 0 spiro atoms. The number of nitrogens with zero attached hydrogens (tertiary/aromatic N) is 2. The van der Waals surface area contributed by atoms with Crippen molar-refractivity contribution in [2.45, 2.75) is 25.0 Å². The zero-order valence-corrected chi connectivity index (χ0v) is 15.7. The van der Waals surface area contributed by atoms with E-state index in [1.807, 2.05) is 4.90 Å². The van der Waals surface area contributed by atoms with Crippen molar-refractivity contribution in [3.05, 3.63) is 34.9 Å². The molecular weight excluding hydrogens is 356 g/mol. The second kappa shape index (κ2) is 9.67. The number of hydrogen-bond donors (Lipinski definition) is 1. The number of amides is 1. The van der Waals surface area contributed by atoms with Crippen LogP contribution in [-0.2, 0) is 9.47 Å². The SMILES string of the molecule is O=C(c1ccc(Cl)cc1)N1CCN(CC(O)COCC2CCCO2)CC1. The van der Waals surface area contributed by atoms with Crippen molar-refractivity contribution < 1.29 is 19.4 Å². The van der Waals surface area contributed by atoms with Crippen molar-refractivity contribution in [2.75, 3.05) is 52.5 Å². The lowest BCUT2D eigenvalue weighted by molar-refractivity contribution is -0.0279. The molecule has 1 aromatic rings. The van der Waals surface area contributed by atoms with Crippen molar-refractivity contribution in [1.29, 1.82) is 0 Å². The molecule has 144 valence electrons. The van der Waals surface area contributed by atoms with Gasteiger partial charge in [0.2, 0.25) is 0 Å². The molecule has 7 heteroatoms. The van der Waals surface area contributed by atoms with Gasteiger partial charge in [0, 0.05) is 49.9 Å². The molecule has 2 aliphatic rings. The van der Waals surface area contributed by atoms with Crippen molar-refractivity contribution in [3.8, 4) is 0 Å². The highest BCUT2D eigenvalue weighted by molar-refractivity contribution is 6.30. The van der Waals surface area contributed by atoms with Gasteiger partial charge in [-0.2, -0.15) is 0 Å². The summed E-state index contributed by atoms with van der Waals surface area (Å²) in [5.41, 5.74) is 0.658. The summed E-state index contributed by atoms with van der Waals surface area (Å²) in [7, 11) is 0. The normalized spacial score (nSPS) is 22.5. The molecule has 2 unspecified atom stereocenters. The van der Waals surface area contributed by atoms with Crippen LogP contribution in [0.2, 0.25) is 5.02 Å². The van der Waals surface area contributed by atoms with Crippen molar-refractivity contribution in [3.63, 3.8) is 0 Å². The van der Waals surface area contributed by atoms with Gasteiger partial charge in [0.15, 0.2) is 0 Å². The number of rotatable bonds is 7. The van der Waals surface area contributed by atoms with Gasteiger partial charge in [-0.15, -0.1) is 0 Å². The lowest BCUT2D eigenvalue weighted by Gasteiger charge is -2.35. The molecule has 26 heavy (non-hydrogen) atoms. The zero-order chi connectivity index (χ0) is 18.4. The van der Waals surface area contributed by atoms with E-state index in [2.05, 4.69) is 4.90 Å². The third-order valence-corrected chi connectivity index (χ3v) is 5.11. The van der Waals surface area contributed by atoms with Gasteiger partial charge in [0.1, 0.15) is 0 Å². The molecule has 2 fully saturated rings.